The maximum absolute atomic E-state index is 12.0. The first kappa shape index (κ1) is 12.5. The lowest BCUT2D eigenvalue weighted by Crippen LogP contribution is -2.46. The predicted molar refractivity (Wildman–Crippen MR) is 62.5 cm³/mol. The Morgan fingerprint density at radius 3 is 2.40 bits per heavy atom. The number of carbonyl (C=O) groups excluding carboxylic acids is 1. The fourth-order valence-corrected chi connectivity index (χ4v) is 2.34. The van der Waals surface area contributed by atoms with Crippen LogP contribution in [0.5, 0.6) is 0 Å². The van der Waals surface area contributed by atoms with Crippen LogP contribution >= 0.6 is 0 Å². The summed E-state index contributed by atoms with van der Waals surface area (Å²) in [7, 11) is 1.90. The first-order chi connectivity index (χ1) is 7.02. The maximum Gasteiger partial charge on any atom is 0.239 e. The van der Waals surface area contributed by atoms with Gasteiger partial charge in [-0.2, -0.15) is 0 Å². The fraction of sp³-hybridized carbons (Fsp3) is 0.917. The third-order valence-corrected chi connectivity index (χ3v) is 3.26. The third-order valence-electron chi connectivity index (χ3n) is 3.26. The number of hydrogen-bond acceptors (Lipinski definition) is 2. The van der Waals surface area contributed by atoms with Gasteiger partial charge in [0.1, 0.15) is 0 Å². The van der Waals surface area contributed by atoms with Gasteiger partial charge in [-0.3, -0.25) is 4.79 Å². The molecule has 15 heavy (non-hydrogen) atoms. The molecular formula is C12H24N2O. The van der Waals surface area contributed by atoms with Crippen LogP contribution in [0, 0.1) is 5.92 Å². The van der Waals surface area contributed by atoms with Gasteiger partial charge in [-0.25, -0.2) is 0 Å². The van der Waals surface area contributed by atoms with Crippen LogP contribution < -0.4 is 5.73 Å². The average Bonchev–Trinajstić information content (AvgIpc) is 2.67. The van der Waals surface area contributed by atoms with Crippen LogP contribution in [0.25, 0.3) is 0 Å². The molecule has 0 aromatic rings. The van der Waals surface area contributed by atoms with Gasteiger partial charge in [0.2, 0.25) is 5.91 Å². The van der Waals surface area contributed by atoms with Gasteiger partial charge in [0, 0.05) is 13.1 Å². The Balaban J connectivity index is 2.43. The minimum atomic E-state index is -0.310. The average molecular weight is 212 g/mol. The number of amides is 1. The van der Waals surface area contributed by atoms with Crippen molar-refractivity contribution in [3.8, 4) is 0 Å². The highest BCUT2D eigenvalue weighted by atomic mass is 16.2. The van der Waals surface area contributed by atoms with Crippen LogP contribution in [-0.4, -0.2) is 29.9 Å². The number of hydrogen-bond donors (Lipinski definition) is 1. The summed E-state index contributed by atoms with van der Waals surface area (Å²) in [4.78, 5) is 13.8. The molecule has 0 saturated heterocycles. The van der Waals surface area contributed by atoms with Gasteiger partial charge in [-0.1, -0.05) is 26.7 Å². The molecule has 1 fully saturated rings. The molecule has 3 heteroatoms. The second-order valence-electron chi connectivity index (χ2n) is 5.12. The van der Waals surface area contributed by atoms with E-state index >= 15 is 0 Å². The summed E-state index contributed by atoms with van der Waals surface area (Å²) in [5.74, 6) is 0.608. The van der Waals surface area contributed by atoms with Crippen LogP contribution in [0.3, 0.4) is 0 Å². The number of carbonyl (C=O) groups is 1. The largest absolute Gasteiger partial charge is 0.341 e. The molecule has 1 atom stereocenters. The lowest BCUT2D eigenvalue weighted by Gasteiger charge is -2.27. The van der Waals surface area contributed by atoms with Crippen molar-refractivity contribution in [3.05, 3.63) is 0 Å². The van der Waals surface area contributed by atoms with Crippen molar-refractivity contribution in [3.63, 3.8) is 0 Å². The smallest absolute Gasteiger partial charge is 0.239 e. The Bertz CT molecular complexity index is 210. The quantitative estimate of drug-likeness (QED) is 0.772. The van der Waals surface area contributed by atoms with Crippen LogP contribution in [-0.2, 0) is 4.79 Å². The molecule has 0 aliphatic heterocycles. The molecule has 0 heterocycles. The van der Waals surface area contributed by atoms with Crippen LogP contribution in [0.1, 0.15) is 46.0 Å². The molecule has 1 saturated carbocycles. The van der Waals surface area contributed by atoms with Crippen LogP contribution in [0.2, 0.25) is 0 Å². The summed E-state index contributed by atoms with van der Waals surface area (Å²) in [5.41, 5.74) is 5.90. The molecule has 1 aliphatic carbocycles. The van der Waals surface area contributed by atoms with Gasteiger partial charge in [0.15, 0.2) is 0 Å². The first-order valence-corrected chi connectivity index (χ1v) is 6.04. The second kappa shape index (κ2) is 5.50. The summed E-state index contributed by atoms with van der Waals surface area (Å²) in [5, 5.41) is 0. The summed E-state index contributed by atoms with van der Waals surface area (Å²) >= 11 is 0. The molecule has 0 radical (unpaired) electrons. The monoisotopic (exact) mass is 212 g/mol. The Hall–Kier alpha value is -0.570. The van der Waals surface area contributed by atoms with Gasteiger partial charge >= 0.3 is 0 Å². The van der Waals surface area contributed by atoms with E-state index in [4.69, 9.17) is 5.73 Å². The van der Waals surface area contributed by atoms with Crippen molar-refractivity contribution in [2.45, 2.75) is 58.0 Å². The van der Waals surface area contributed by atoms with Gasteiger partial charge in [-0.05, 0) is 25.2 Å². The van der Waals surface area contributed by atoms with Gasteiger partial charge in [-0.15, -0.1) is 0 Å². The topological polar surface area (TPSA) is 46.3 Å². The molecule has 0 aromatic carbocycles. The number of nitrogens with zero attached hydrogens (tertiary/aromatic N) is 1. The van der Waals surface area contributed by atoms with E-state index in [9.17, 15) is 4.79 Å². The van der Waals surface area contributed by atoms with Gasteiger partial charge in [0.25, 0.3) is 0 Å². The van der Waals surface area contributed by atoms with E-state index in [2.05, 4.69) is 13.8 Å². The zero-order valence-electron chi connectivity index (χ0n) is 10.2. The summed E-state index contributed by atoms with van der Waals surface area (Å²) in [6.45, 7) is 4.20. The van der Waals surface area contributed by atoms with Gasteiger partial charge < -0.3 is 10.6 Å². The first-order valence-electron chi connectivity index (χ1n) is 6.04. The highest BCUT2D eigenvalue weighted by molar-refractivity contribution is 5.81. The van der Waals surface area contributed by atoms with E-state index in [1.807, 2.05) is 11.9 Å². The third kappa shape index (κ3) is 3.49. The van der Waals surface area contributed by atoms with Crippen molar-refractivity contribution in [2.75, 3.05) is 7.05 Å². The highest BCUT2D eigenvalue weighted by Gasteiger charge is 2.26. The molecule has 1 aliphatic rings. The molecule has 0 spiro atoms. The SMILES string of the molecule is CC(C)C[C@H](N)C(=O)N(C)C1CCCC1. The minimum absolute atomic E-state index is 0.121. The molecule has 3 nitrogen and oxygen atoms in total. The fourth-order valence-electron chi connectivity index (χ4n) is 2.34. The number of nitrogens with two attached hydrogens (primary N) is 1. The summed E-state index contributed by atoms with van der Waals surface area (Å²) < 4.78 is 0. The Kier molecular flexibility index (Phi) is 4.58. The van der Waals surface area contributed by atoms with E-state index in [1.54, 1.807) is 0 Å². The maximum atomic E-state index is 12.0. The minimum Gasteiger partial charge on any atom is -0.341 e. The van der Waals surface area contributed by atoms with E-state index in [0.29, 0.717) is 12.0 Å². The normalized spacial score (nSPS) is 19.5. The Labute approximate surface area is 93.0 Å². The molecule has 2 N–H and O–H groups in total. The van der Waals surface area contributed by atoms with Gasteiger partial charge in [0.05, 0.1) is 6.04 Å². The molecule has 0 unspecified atom stereocenters. The van der Waals surface area contributed by atoms with Crippen molar-refractivity contribution < 1.29 is 4.79 Å². The zero-order chi connectivity index (χ0) is 11.4. The highest BCUT2D eigenvalue weighted by Crippen LogP contribution is 2.23. The molecule has 1 amide bonds. The van der Waals surface area contributed by atoms with Crippen molar-refractivity contribution in [2.24, 2.45) is 11.7 Å². The molecular weight excluding hydrogens is 188 g/mol. The van der Waals surface area contributed by atoms with E-state index < -0.39 is 0 Å². The van der Waals surface area contributed by atoms with E-state index in [1.165, 1.54) is 12.8 Å². The van der Waals surface area contributed by atoms with Crippen LogP contribution in [0.15, 0.2) is 0 Å². The van der Waals surface area contributed by atoms with Crippen LogP contribution in [0.4, 0.5) is 0 Å². The van der Waals surface area contributed by atoms with E-state index in [0.717, 1.165) is 19.3 Å². The predicted octanol–water partition coefficient (Wildman–Crippen LogP) is 1.76. The standard InChI is InChI=1S/C12H24N2O/c1-9(2)8-11(13)12(15)14(3)10-6-4-5-7-10/h9-11H,4-8,13H2,1-3H3/t11-/m0/s1. The number of rotatable bonds is 4. The Morgan fingerprint density at radius 2 is 1.93 bits per heavy atom. The molecule has 88 valence electrons. The molecule has 1 rings (SSSR count). The molecule has 0 bridgehead atoms. The van der Waals surface area contributed by atoms with Crippen molar-refractivity contribution in [1.29, 1.82) is 0 Å². The zero-order valence-corrected chi connectivity index (χ0v) is 10.2. The summed E-state index contributed by atoms with van der Waals surface area (Å²) in [6.07, 6.45) is 5.59. The second-order valence-corrected chi connectivity index (χ2v) is 5.12. The lowest BCUT2D eigenvalue weighted by molar-refractivity contribution is -0.133. The van der Waals surface area contributed by atoms with Crippen molar-refractivity contribution in [1.82, 2.24) is 4.90 Å². The lowest BCUT2D eigenvalue weighted by atomic mass is 10.0. The molecule has 0 aromatic heterocycles. The van der Waals surface area contributed by atoms with Crippen molar-refractivity contribution >= 4 is 5.91 Å². The summed E-state index contributed by atoms with van der Waals surface area (Å²) in [6, 6.07) is 0.131. The van der Waals surface area contributed by atoms with E-state index in [-0.39, 0.29) is 11.9 Å². The number of likely N-dealkylation sites (N-methyl/N-ethyl adjacent to an activating group) is 1. The Morgan fingerprint density at radius 1 is 1.40 bits per heavy atom.